The van der Waals surface area contributed by atoms with E-state index in [4.69, 9.17) is 0 Å². The Balaban J connectivity index is 2.31. The van der Waals surface area contributed by atoms with Crippen molar-refractivity contribution in [1.82, 2.24) is 4.90 Å². The first-order valence-corrected chi connectivity index (χ1v) is 4.31. The smallest absolute Gasteiger partial charge is 0.110 e. The van der Waals surface area contributed by atoms with E-state index in [2.05, 4.69) is 23.0 Å². The number of allylic oxidation sites excluding steroid dienone is 1. The molecule has 0 aromatic carbocycles. The summed E-state index contributed by atoms with van der Waals surface area (Å²) in [6.07, 6.45) is 3.99. The van der Waals surface area contributed by atoms with Gasteiger partial charge in [-0.3, -0.25) is 4.99 Å². The maximum Gasteiger partial charge on any atom is 0.110 e. The Morgan fingerprint density at radius 1 is 1.90 bits per heavy atom. The second-order valence-corrected chi connectivity index (χ2v) is 3.37. The van der Waals surface area contributed by atoms with Crippen LogP contribution in [-0.2, 0) is 0 Å². The van der Waals surface area contributed by atoms with Gasteiger partial charge in [-0.1, -0.05) is 0 Å². The van der Waals surface area contributed by atoms with Crippen LogP contribution in [-0.4, -0.2) is 23.7 Å². The third kappa shape index (κ3) is 2.06. The topological polar surface area (TPSA) is 15.6 Å². The molecule has 1 heterocycles. The van der Waals surface area contributed by atoms with Gasteiger partial charge in [0.25, 0.3) is 0 Å². The lowest BCUT2D eigenvalue weighted by Gasteiger charge is -2.09. The van der Waals surface area contributed by atoms with Gasteiger partial charge in [-0.2, -0.15) is 0 Å². The minimum absolute atomic E-state index is 0.806. The molecule has 1 rings (SSSR count). The molecule has 1 aliphatic heterocycles. The molecule has 2 nitrogen and oxygen atoms in total. The maximum atomic E-state index is 4.13. The van der Waals surface area contributed by atoms with E-state index in [1.807, 2.05) is 24.9 Å². The van der Waals surface area contributed by atoms with Crippen molar-refractivity contribution in [2.24, 2.45) is 4.99 Å². The van der Waals surface area contributed by atoms with Gasteiger partial charge in [0.15, 0.2) is 0 Å². The first-order chi connectivity index (χ1) is 4.83. The van der Waals surface area contributed by atoms with Gasteiger partial charge >= 0.3 is 0 Å². The monoisotopic (exact) mass is 156 g/mol. The zero-order chi connectivity index (χ0) is 7.40. The van der Waals surface area contributed by atoms with E-state index >= 15 is 0 Å². The van der Waals surface area contributed by atoms with E-state index in [1.165, 1.54) is 4.91 Å². The highest BCUT2D eigenvalue weighted by molar-refractivity contribution is 8.03. The summed E-state index contributed by atoms with van der Waals surface area (Å²) in [4.78, 5) is 7.71. The van der Waals surface area contributed by atoms with Crippen LogP contribution in [0.5, 0.6) is 0 Å². The third-order valence-electron chi connectivity index (χ3n) is 1.27. The summed E-state index contributed by atoms with van der Waals surface area (Å²) in [5.74, 6) is 1.06. The van der Waals surface area contributed by atoms with Crippen molar-refractivity contribution >= 4 is 18.0 Å². The summed E-state index contributed by atoms with van der Waals surface area (Å²) < 4.78 is 0. The van der Waals surface area contributed by atoms with E-state index in [0.29, 0.717) is 0 Å². The average Bonchev–Trinajstić information content (AvgIpc) is 2.31. The molecule has 0 fully saturated rings. The lowest BCUT2D eigenvalue weighted by molar-refractivity contribution is 0.463. The second-order valence-electron chi connectivity index (χ2n) is 2.18. The number of rotatable bonds is 2. The number of hydrogen-bond acceptors (Lipinski definition) is 3. The molecule has 0 atom stereocenters. The summed E-state index contributed by atoms with van der Waals surface area (Å²) in [6.45, 7) is 4.88. The van der Waals surface area contributed by atoms with E-state index < -0.39 is 0 Å². The minimum Gasteiger partial charge on any atom is -0.348 e. The summed E-state index contributed by atoms with van der Waals surface area (Å²) >= 11 is 1.87. The fourth-order valence-corrected chi connectivity index (χ4v) is 1.53. The number of aliphatic imine (C=N–C) groups is 1. The minimum atomic E-state index is 0.806. The zero-order valence-electron chi connectivity index (χ0n) is 6.37. The van der Waals surface area contributed by atoms with Gasteiger partial charge in [0.1, 0.15) is 6.67 Å². The average molecular weight is 156 g/mol. The lowest BCUT2D eigenvalue weighted by Crippen LogP contribution is -2.12. The van der Waals surface area contributed by atoms with Crippen LogP contribution in [0.1, 0.15) is 13.8 Å². The van der Waals surface area contributed by atoms with Gasteiger partial charge in [-0.25, -0.2) is 0 Å². The Labute approximate surface area is 66.0 Å². The predicted octanol–water partition coefficient (Wildman–Crippen LogP) is 1.90. The van der Waals surface area contributed by atoms with Gasteiger partial charge in [0, 0.05) is 6.20 Å². The van der Waals surface area contributed by atoms with E-state index in [9.17, 15) is 0 Å². The summed E-state index contributed by atoms with van der Waals surface area (Å²) in [7, 11) is 0. The molecule has 0 N–H and O–H groups in total. The zero-order valence-corrected chi connectivity index (χ0v) is 7.19. The molecule has 0 radical (unpaired) electrons. The molecule has 10 heavy (non-hydrogen) atoms. The Hall–Kier alpha value is -0.440. The molecular weight excluding hydrogens is 144 g/mol. The lowest BCUT2D eigenvalue weighted by atomic mass is 10.6. The standard InChI is InChI=1S/C7H12N2S/c1-3-8-5-9-4-7(2)10-6-9/h3-4H,5-6H2,1-2H3. The Morgan fingerprint density at radius 3 is 3.20 bits per heavy atom. The van der Waals surface area contributed by atoms with Gasteiger partial charge < -0.3 is 4.90 Å². The largest absolute Gasteiger partial charge is 0.348 e. The highest BCUT2D eigenvalue weighted by Crippen LogP contribution is 2.23. The van der Waals surface area contributed by atoms with Gasteiger partial charge in [-0.05, 0) is 25.0 Å². The van der Waals surface area contributed by atoms with Crippen molar-refractivity contribution in [3.8, 4) is 0 Å². The summed E-state index contributed by atoms with van der Waals surface area (Å²) in [5, 5.41) is 0. The first-order valence-electron chi connectivity index (χ1n) is 3.32. The normalized spacial score (nSPS) is 18.6. The Morgan fingerprint density at radius 2 is 2.70 bits per heavy atom. The molecule has 0 aromatic rings. The second kappa shape index (κ2) is 3.66. The van der Waals surface area contributed by atoms with Crippen LogP contribution in [0.4, 0.5) is 0 Å². The Bertz CT molecular complexity index is 163. The van der Waals surface area contributed by atoms with Crippen LogP contribution >= 0.6 is 11.8 Å². The van der Waals surface area contributed by atoms with E-state index in [0.717, 1.165) is 12.5 Å². The van der Waals surface area contributed by atoms with Crippen molar-refractivity contribution in [3.63, 3.8) is 0 Å². The van der Waals surface area contributed by atoms with Gasteiger partial charge in [0.05, 0.1) is 5.88 Å². The van der Waals surface area contributed by atoms with E-state index in [-0.39, 0.29) is 0 Å². The highest BCUT2D eigenvalue weighted by atomic mass is 32.2. The predicted molar refractivity (Wildman–Crippen MR) is 47.1 cm³/mol. The van der Waals surface area contributed by atoms with Crippen LogP contribution in [0, 0.1) is 0 Å². The molecule has 0 spiro atoms. The van der Waals surface area contributed by atoms with Gasteiger partial charge in [-0.15, -0.1) is 11.8 Å². The van der Waals surface area contributed by atoms with E-state index in [1.54, 1.807) is 0 Å². The number of nitrogens with zero attached hydrogens (tertiary/aromatic N) is 2. The van der Waals surface area contributed by atoms with Crippen LogP contribution in [0.25, 0.3) is 0 Å². The van der Waals surface area contributed by atoms with Crippen LogP contribution in [0.2, 0.25) is 0 Å². The molecule has 0 amide bonds. The molecule has 0 aromatic heterocycles. The third-order valence-corrected chi connectivity index (χ3v) is 2.29. The number of thioether (sulfide) groups is 1. The molecule has 0 saturated heterocycles. The van der Waals surface area contributed by atoms with Gasteiger partial charge in [0.2, 0.25) is 0 Å². The van der Waals surface area contributed by atoms with Crippen molar-refractivity contribution in [1.29, 1.82) is 0 Å². The molecule has 0 aliphatic carbocycles. The van der Waals surface area contributed by atoms with Crippen molar-refractivity contribution in [2.45, 2.75) is 13.8 Å². The first kappa shape index (κ1) is 7.66. The van der Waals surface area contributed by atoms with Crippen LogP contribution < -0.4 is 0 Å². The molecule has 3 heteroatoms. The molecule has 0 saturated carbocycles. The molecule has 1 aliphatic rings. The fraction of sp³-hybridized carbons (Fsp3) is 0.571. The maximum absolute atomic E-state index is 4.13. The Kier molecular flexibility index (Phi) is 2.81. The highest BCUT2D eigenvalue weighted by Gasteiger charge is 2.06. The molecular formula is C7H12N2S. The molecule has 56 valence electrons. The molecule has 0 bridgehead atoms. The SMILES string of the molecule is CC=NCN1C=C(C)SC1. The van der Waals surface area contributed by atoms with Crippen LogP contribution in [0.3, 0.4) is 0 Å². The number of hydrogen-bond donors (Lipinski definition) is 0. The fourth-order valence-electron chi connectivity index (χ4n) is 0.785. The molecule has 0 unspecified atom stereocenters. The van der Waals surface area contributed by atoms with Crippen molar-refractivity contribution in [2.75, 3.05) is 12.5 Å². The van der Waals surface area contributed by atoms with Crippen molar-refractivity contribution < 1.29 is 0 Å². The van der Waals surface area contributed by atoms with Crippen LogP contribution in [0.15, 0.2) is 16.1 Å². The summed E-state index contributed by atoms with van der Waals surface area (Å²) in [6, 6.07) is 0. The quantitative estimate of drug-likeness (QED) is 0.567. The summed E-state index contributed by atoms with van der Waals surface area (Å²) in [5.41, 5.74) is 0. The van der Waals surface area contributed by atoms with Crippen molar-refractivity contribution in [3.05, 3.63) is 11.1 Å².